The van der Waals surface area contributed by atoms with Gasteiger partial charge >= 0.3 is 0 Å². The van der Waals surface area contributed by atoms with Crippen molar-refractivity contribution in [3.63, 3.8) is 0 Å². The highest BCUT2D eigenvalue weighted by molar-refractivity contribution is 6.32. The lowest BCUT2D eigenvalue weighted by atomic mass is 9.76. The van der Waals surface area contributed by atoms with Crippen molar-refractivity contribution in [3.8, 4) is 5.75 Å². The van der Waals surface area contributed by atoms with Gasteiger partial charge < -0.3 is 10.1 Å². The first-order chi connectivity index (χ1) is 11.2. The second kappa shape index (κ2) is 5.57. The van der Waals surface area contributed by atoms with Gasteiger partial charge in [-0.2, -0.15) is 0 Å². The lowest BCUT2D eigenvalue weighted by molar-refractivity contribution is 0.392. The average Bonchev–Trinajstić information content (AvgIpc) is 3.04. The van der Waals surface area contributed by atoms with E-state index in [4.69, 9.17) is 16.3 Å². The van der Waals surface area contributed by atoms with Crippen LogP contribution in [0.15, 0.2) is 48.6 Å². The number of ether oxygens (including phenoxy) is 1. The second-order valence-electron chi connectivity index (χ2n) is 6.04. The van der Waals surface area contributed by atoms with E-state index in [1.807, 2.05) is 24.3 Å². The summed E-state index contributed by atoms with van der Waals surface area (Å²) in [6.07, 6.45) is 5.25. The molecule has 23 heavy (non-hydrogen) atoms. The van der Waals surface area contributed by atoms with Gasteiger partial charge in [-0.05, 0) is 30.5 Å². The van der Waals surface area contributed by atoms with Gasteiger partial charge in [-0.3, -0.25) is 0 Å². The van der Waals surface area contributed by atoms with Crippen molar-refractivity contribution in [2.24, 2.45) is 5.92 Å². The molecular weight excluding hydrogens is 313 g/mol. The van der Waals surface area contributed by atoms with Gasteiger partial charge in [0.1, 0.15) is 11.6 Å². The minimum atomic E-state index is -0.180. The Labute approximate surface area is 139 Å². The van der Waals surface area contributed by atoms with E-state index in [-0.39, 0.29) is 23.7 Å². The molecule has 0 fully saturated rings. The van der Waals surface area contributed by atoms with Gasteiger partial charge in [0.2, 0.25) is 0 Å². The van der Waals surface area contributed by atoms with Crippen molar-refractivity contribution in [2.45, 2.75) is 18.4 Å². The van der Waals surface area contributed by atoms with E-state index < -0.39 is 0 Å². The minimum Gasteiger partial charge on any atom is -0.495 e. The molecule has 0 saturated carbocycles. The Hall–Kier alpha value is -2.00. The zero-order chi connectivity index (χ0) is 16.0. The van der Waals surface area contributed by atoms with Crippen LogP contribution in [0.5, 0.6) is 5.75 Å². The third kappa shape index (κ3) is 2.22. The number of allylic oxidation sites excluding steroid dienone is 2. The molecule has 4 heteroatoms. The third-order valence-electron chi connectivity index (χ3n) is 4.89. The smallest absolute Gasteiger partial charge is 0.142 e. The van der Waals surface area contributed by atoms with Crippen LogP contribution in [-0.2, 0) is 0 Å². The summed E-state index contributed by atoms with van der Waals surface area (Å²) < 4.78 is 19.8. The maximum Gasteiger partial charge on any atom is 0.142 e. The van der Waals surface area contributed by atoms with E-state index in [0.717, 1.165) is 28.4 Å². The molecule has 2 aromatic carbocycles. The Balaban J connectivity index is 1.88. The topological polar surface area (TPSA) is 21.3 Å². The molecule has 0 saturated heterocycles. The first-order valence-corrected chi connectivity index (χ1v) is 8.12. The number of rotatable bonds is 2. The van der Waals surface area contributed by atoms with Crippen LogP contribution in [0.1, 0.15) is 29.5 Å². The van der Waals surface area contributed by atoms with Crippen LogP contribution in [0.3, 0.4) is 0 Å². The Kier molecular flexibility index (Phi) is 3.53. The van der Waals surface area contributed by atoms with Crippen molar-refractivity contribution in [1.82, 2.24) is 0 Å². The zero-order valence-electron chi connectivity index (χ0n) is 12.7. The Bertz CT molecular complexity index is 789. The highest BCUT2D eigenvalue weighted by atomic mass is 35.5. The summed E-state index contributed by atoms with van der Waals surface area (Å²) in [6.45, 7) is 0. The Morgan fingerprint density at radius 1 is 1.22 bits per heavy atom. The van der Waals surface area contributed by atoms with Gasteiger partial charge in [0.25, 0.3) is 0 Å². The van der Waals surface area contributed by atoms with Crippen LogP contribution in [0, 0.1) is 11.7 Å². The first-order valence-electron chi connectivity index (χ1n) is 7.74. The molecular formula is C19H17ClFNO. The van der Waals surface area contributed by atoms with Crippen molar-refractivity contribution in [3.05, 3.63) is 70.5 Å². The molecule has 0 aromatic heterocycles. The monoisotopic (exact) mass is 329 g/mol. The number of anilines is 1. The number of methoxy groups -OCH3 is 1. The minimum absolute atomic E-state index is 0.101. The van der Waals surface area contributed by atoms with E-state index >= 15 is 0 Å². The Morgan fingerprint density at radius 3 is 2.83 bits per heavy atom. The fourth-order valence-corrected chi connectivity index (χ4v) is 4.13. The molecule has 1 aliphatic heterocycles. The van der Waals surface area contributed by atoms with E-state index in [1.54, 1.807) is 13.2 Å². The summed E-state index contributed by atoms with van der Waals surface area (Å²) >= 11 is 6.46. The van der Waals surface area contributed by atoms with E-state index in [1.165, 1.54) is 6.07 Å². The zero-order valence-corrected chi connectivity index (χ0v) is 13.5. The molecule has 2 aromatic rings. The van der Waals surface area contributed by atoms with Gasteiger partial charge in [0.05, 0.1) is 18.8 Å². The summed E-state index contributed by atoms with van der Waals surface area (Å²) in [5.74, 6) is 0.993. The maximum absolute atomic E-state index is 14.4. The quantitative estimate of drug-likeness (QED) is 0.753. The Morgan fingerprint density at radius 2 is 2.04 bits per heavy atom. The largest absolute Gasteiger partial charge is 0.495 e. The molecule has 0 radical (unpaired) electrons. The van der Waals surface area contributed by atoms with Gasteiger partial charge in [0.15, 0.2) is 0 Å². The number of benzene rings is 2. The standard InChI is InChI=1S/C19H17ClFNO/c1-23-16-10-9-14(20)17-11-6-4-7-12(11)18(22-19(16)17)13-5-2-3-8-15(13)21/h2-6,8-12,18,22H,7H2,1H3/t11-,12+,18-/m1/s1. The predicted molar refractivity (Wildman–Crippen MR) is 90.8 cm³/mol. The van der Waals surface area contributed by atoms with E-state index in [0.29, 0.717) is 5.56 Å². The highest BCUT2D eigenvalue weighted by Crippen LogP contribution is 2.54. The molecule has 1 N–H and O–H groups in total. The van der Waals surface area contributed by atoms with Crippen molar-refractivity contribution in [2.75, 3.05) is 12.4 Å². The average molecular weight is 330 g/mol. The molecule has 2 aliphatic rings. The van der Waals surface area contributed by atoms with Gasteiger partial charge in [0, 0.05) is 22.1 Å². The molecule has 0 bridgehead atoms. The molecule has 3 atom stereocenters. The maximum atomic E-state index is 14.4. The number of hydrogen-bond donors (Lipinski definition) is 1. The molecule has 0 unspecified atom stereocenters. The summed E-state index contributed by atoms with van der Waals surface area (Å²) in [4.78, 5) is 0. The second-order valence-corrected chi connectivity index (χ2v) is 6.44. The SMILES string of the molecule is COc1ccc(Cl)c2c1N[C@@H](c1ccccc1F)[C@H]1CC=C[C@@H]21. The van der Waals surface area contributed by atoms with Crippen LogP contribution in [0.25, 0.3) is 0 Å². The number of nitrogens with one attached hydrogen (secondary N) is 1. The third-order valence-corrected chi connectivity index (χ3v) is 5.22. The number of hydrogen-bond acceptors (Lipinski definition) is 2. The van der Waals surface area contributed by atoms with Crippen LogP contribution < -0.4 is 10.1 Å². The molecule has 1 aliphatic carbocycles. The van der Waals surface area contributed by atoms with E-state index in [2.05, 4.69) is 17.5 Å². The molecule has 2 nitrogen and oxygen atoms in total. The normalized spacial score (nSPS) is 24.7. The summed E-state index contributed by atoms with van der Waals surface area (Å²) in [6, 6.07) is 10.6. The van der Waals surface area contributed by atoms with Gasteiger partial charge in [-0.1, -0.05) is 42.0 Å². The van der Waals surface area contributed by atoms with E-state index in [9.17, 15) is 4.39 Å². The van der Waals surface area contributed by atoms with Crippen LogP contribution in [0.4, 0.5) is 10.1 Å². The lowest BCUT2D eigenvalue weighted by Crippen LogP contribution is -2.30. The summed E-state index contributed by atoms with van der Waals surface area (Å²) in [5.41, 5.74) is 2.62. The van der Waals surface area contributed by atoms with Crippen molar-refractivity contribution < 1.29 is 9.13 Å². The fraction of sp³-hybridized carbons (Fsp3) is 0.263. The number of halogens is 2. The van der Waals surface area contributed by atoms with Gasteiger partial charge in [-0.25, -0.2) is 4.39 Å². The molecule has 0 spiro atoms. The molecule has 4 rings (SSSR count). The van der Waals surface area contributed by atoms with Crippen LogP contribution >= 0.6 is 11.6 Å². The molecule has 1 heterocycles. The number of fused-ring (bicyclic) bond motifs is 3. The van der Waals surface area contributed by atoms with Crippen LogP contribution in [-0.4, -0.2) is 7.11 Å². The molecule has 118 valence electrons. The van der Waals surface area contributed by atoms with Crippen LogP contribution in [0.2, 0.25) is 5.02 Å². The first kappa shape index (κ1) is 14.6. The lowest BCUT2D eigenvalue weighted by Gasteiger charge is -2.38. The van der Waals surface area contributed by atoms with Crippen molar-refractivity contribution in [1.29, 1.82) is 0 Å². The summed E-state index contributed by atoms with van der Waals surface area (Å²) in [5, 5.41) is 4.22. The molecule has 0 amide bonds. The summed E-state index contributed by atoms with van der Waals surface area (Å²) in [7, 11) is 1.64. The van der Waals surface area contributed by atoms with Crippen molar-refractivity contribution >= 4 is 17.3 Å². The fourth-order valence-electron chi connectivity index (χ4n) is 3.84. The predicted octanol–water partition coefficient (Wildman–Crippen LogP) is 5.31. The van der Waals surface area contributed by atoms with Gasteiger partial charge in [-0.15, -0.1) is 0 Å². The highest BCUT2D eigenvalue weighted by Gasteiger charge is 2.41.